The van der Waals surface area contributed by atoms with Gasteiger partial charge in [0.05, 0.1) is 19.0 Å². The van der Waals surface area contributed by atoms with Crippen LogP contribution in [0.2, 0.25) is 0 Å². The number of imide groups is 1. The standard InChI is InChI=1S/C22H19F2N5O4S/c1-12-18(20(31)28-25-11-13-7-9-14(33-3)10-8-13)34-22(26-12)29(2)21(32)27-19(30)17-15(23)5-4-6-16(17)24/h4-11H,1-3H3,(H,28,31)(H,27,30,32)/b25-11+. The zero-order valence-corrected chi connectivity index (χ0v) is 19.1. The first-order valence-electron chi connectivity index (χ1n) is 9.69. The Bertz CT molecular complexity index is 1240. The number of hydrogen-bond donors (Lipinski definition) is 2. The van der Waals surface area contributed by atoms with Crippen molar-refractivity contribution in [2.75, 3.05) is 19.1 Å². The van der Waals surface area contributed by atoms with E-state index < -0.39 is 35.0 Å². The van der Waals surface area contributed by atoms with Gasteiger partial charge in [0, 0.05) is 7.05 Å². The Kier molecular flexibility index (Phi) is 7.64. The number of thiazole rings is 1. The normalized spacial score (nSPS) is 10.7. The summed E-state index contributed by atoms with van der Waals surface area (Å²) in [5, 5.41) is 5.88. The molecule has 0 fully saturated rings. The van der Waals surface area contributed by atoms with E-state index in [1.54, 1.807) is 38.3 Å². The Balaban J connectivity index is 1.65. The fourth-order valence-electron chi connectivity index (χ4n) is 2.69. The molecule has 0 aliphatic rings. The van der Waals surface area contributed by atoms with Crippen molar-refractivity contribution >= 4 is 40.5 Å². The topological polar surface area (TPSA) is 113 Å². The molecule has 4 amide bonds. The first-order chi connectivity index (χ1) is 16.2. The average Bonchev–Trinajstić information content (AvgIpc) is 3.20. The van der Waals surface area contributed by atoms with Crippen molar-refractivity contribution < 1.29 is 27.9 Å². The molecule has 3 aromatic rings. The lowest BCUT2D eigenvalue weighted by atomic mass is 10.2. The minimum absolute atomic E-state index is 0.0843. The maximum atomic E-state index is 13.8. The largest absolute Gasteiger partial charge is 0.497 e. The Morgan fingerprint density at radius 1 is 1.09 bits per heavy atom. The Labute approximate surface area is 197 Å². The summed E-state index contributed by atoms with van der Waals surface area (Å²) in [5.41, 5.74) is 2.55. The second kappa shape index (κ2) is 10.6. The minimum Gasteiger partial charge on any atom is -0.497 e. The van der Waals surface area contributed by atoms with Gasteiger partial charge >= 0.3 is 6.03 Å². The highest BCUT2D eigenvalue weighted by atomic mass is 32.1. The van der Waals surface area contributed by atoms with Crippen LogP contribution in [-0.4, -0.2) is 43.2 Å². The maximum absolute atomic E-state index is 13.8. The van der Waals surface area contributed by atoms with E-state index in [2.05, 4.69) is 15.5 Å². The average molecular weight is 487 g/mol. The highest BCUT2D eigenvalue weighted by Gasteiger charge is 2.24. The van der Waals surface area contributed by atoms with Crippen molar-refractivity contribution in [2.45, 2.75) is 6.92 Å². The number of halogens is 2. The van der Waals surface area contributed by atoms with Crippen LogP contribution in [-0.2, 0) is 0 Å². The molecule has 1 aromatic heterocycles. The predicted octanol–water partition coefficient (Wildman–Crippen LogP) is 3.49. The van der Waals surface area contributed by atoms with Crippen LogP contribution in [0.3, 0.4) is 0 Å². The molecule has 0 bridgehead atoms. The van der Waals surface area contributed by atoms with Gasteiger partial charge in [-0.1, -0.05) is 17.4 Å². The lowest BCUT2D eigenvalue weighted by Crippen LogP contribution is -2.41. The van der Waals surface area contributed by atoms with Crippen molar-refractivity contribution in [1.82, 2.24) is 15.7 Å². The lowest BCUT2D eigenvalue weighted by Gasteiger charge is -2.14. The number of hydrazone groups is 1. The molecule has 0 radical (unpaired) electrons. The summed E-state index contributed by atoms with van der Waals surface area (Å²) in [4.78, 5) is 42.3. The highest BCUT2D eigenvalue weighted by Crippen LogP contribution is 2.25. The van der Waals surface area contributed by atoms with E-state index in [0.29, 0.717) is 11.4 Å². The van der Waals surface area contributed by atoms with Crippen LogP contribution >= 0.6 is 11.3 Å². The van der Waals surface area contributed by atoms with Crippen LogP contribution in [0.5, 0.6) is 5.75 Å². The van der Waals surface area contributed by atoms with Crippen LogP contribution in [0.4, 0.5) is 18.7 Å². The maximum Gasteiger partial charge on any atom is 0.330 e. The smallest absolute Gasteiger partial charge is 0.330 e. The monoisotopic (exact) mass is 487 g/mol. The molecule has 0 saturated carbocycles. The molecule has 0 aliphatic heterocycles. The molecule has 0 atom stereocenters. The number of methoxy groups -OCH3 is 1. The molecule has 1 heterocycles. The SMILES string of the molecule is COc1ccc(/C=N/NC(=O)c2sc(N(C)C(=O)NC(=O)c3c(F)cccc3F)nc2C)cc1. The third-order valence-corrected chi connectivity index (χ3v) is 5.72. The van der Waals surface area contributed by atoms with Gasteiger partial charge in [-0.3, -0.25) is 19.8 Å². The summed E-state index contributed by atoms with van der Waals surface area (Å²) in [7, 11) is 2.85. The van der Waals surface area contributed by atoms with Crippen molar-refractivity contribution in [3.63, 3.8) is 0 Å². The number of aromatic nitrogens is 1. The summed E-state index contributed by atoms with van der Waals surface area (Å²) in [6.45, 7) is 1.56. The van der Waals surface area contributed by atoms with Crippen molar-refractivity contribution in [2.24, 2.45) is 5.10 Å². The highest BCUT2D eigenvalue weighted by molar-refractivity contribution is 7.17. The van der Waals surface area contributed by atoms with Crippen molar-refractivity contribution in [3.8, 4) is 5.75 Å². The summed E-state index contributed by atoms with van der Waals surface area (Å²) < 4.78 is 32.6. The van der Waals surface area contributed by atoms with E-state index >= 15 is 0 Å². The summed E-state index contributed by atoms with van der Waals surface area (Å²) in [5.74, 6) is -3.32. The number of carbonyl (C=O) groups is 3. The third kappa shape index (κ3) is 5.59. The molecular weight excluding hydrogens is 468 g/mol. The van der Waals surface area contributed by atoms with Gasteiger partial charge in [-0.25, -0.2) is 24.0 Å². The van der Waals surface area contributed by atoms with Crippen molar-refractivity contribution in [3.05, 3.63) is 75.8 Å². The molecule has 2 aromatic carbocycles. The van der Waals surface area contributed by atoms with Crippen LogP contribution in [0, 0.1) is 18.6 Å². The van der Waals surface area contributed by atoms with E-state index in [-0.39, 0.29) is 10.0 Å². The lowest BCUT2D eigenvalue weighted by molar-refractivity contribution is 0.0948. The molecule has 0 aliphatic carbocycles. The zero-order valence-electron chi connectivity index (χ0n) is 18.3. The number of hydrogen-bond acceptors (Lipinski definition) is 7. The number of nitrogens with zero attached hydrogens (tertiary/aromatic N) is 3. The fourth-order valence-corrected chi connectivity index (χ4v) is 3.60. The summed E-state index contributed by atoms with van der Waals surface area (Å²) in [6, 6.07) is 8.92. The number of nitrogens with one attached hydrogen (secondary N) is 2. The van der Waals surface area contributed by atoms with Crippen LogP contribution in [0.25, 0.3) is 0 Å². The minimum atomic E-state index is -1.24. The number of rotatable bonds is 6. The molecule has 2 N–H and O–H groups in total. The molecule has 0 saturated heterocycles. The Hall–Kier alpha value is -4.19. The number of aryl methyl sites for hydroxylation is 1. The van der Waals surface area contributed by atoms with Gasteiger partial charge in [0.15, 0.2) is 5.13 Å². The van der Waals surface area contributed by atoms with Gasteiger partial charge in [-0.05, 0) is 48.9 Å². The van der Waals surface area contributed by atoms with Gasteiger partial charge in [-0.2, -0.15) is 5.10 Å². The molecule has 3 rings (SSSR count). The number of anilines is 1. The number of amides is 4. The van der Waals surface area contributed by atoms with Gasteiger partial charge in [0.2, 0.25) is 0 Å². The van der Waals surface area contributed by atoms with E-state index in [0.717, 1.165) is 40.0 Å². The van der Waals surface area contributed by atoms with E-state index in [4.69, 9.17) is 4.74 Å². The first-order valence-corrected chi connectivity index (χ1v) is 10.5. The Morgan fingerprint density at radius 3 is 2.35 bits per heavy atom. The van der Waals surface area contributed by atoms with E-state index in [1.807, 2.05) is 5.32 Å². The predicted molar refractivity (Wildman–Crippen MR) is 123 cm³/mol. The van der Waals surface area contributed by atoms with E-state index in [9.17, 15) is 23.2 Å². The molecule has 9 nitrogen and oxygen atoms in total. The van der Waals surface area contributed by atoms with Gasteiger partial charge in [0.1, 0.15) is 27.8 Å². The molecule has 0 unspecified atom stereocenters. The second-order valence-corrected chi connectivity index (χ2v) is 7.78. The molecule has 34 heavy (non-hydrogen) atoms. The van der Waals surface area contributed by atoms with Crippen LogP contribution in [0.1, 0.15) is 31.3 Å². The van der Waals surface area contributed by atoms with Gasteiger partial charge in [-0.15, -0.1) is 0 Å². The summed E-state index contributed by atoms with van der Waals surface area (Å²) in [6.07, 6.45) is 1.45. The van der Waals surface area contributed by atoms with Gasteiger partial charge < -0.3 is 4.74 Å². The third-order valence-electron chi connectivity index (χ3n) is 4.49. The summed E-state index contributed by atoms with van der Waals surface area (Å²) >= 11 is 0.876. The first kappa shape index (κ1) is 24.5. The van der Waals surface area contributed by atoms with Crippen molar-refractivity contribution in [1.29, 1.82) is 0 Å². The fraction of sp³-hybridized carbons (Fsp3) is 0.136. The van der Waals surface area contributed by atoms with Crippen LogP contribution in [0.15, 0.2) is 47.6 Å². The van der Waals surface area contributed by atoms with Gasteiger partial charge in [0.25, 0.3) is 11.8 Å². The number of urea groups is 1. The number of carbonyl (C=O) groups excluding carboxylic acids is 3. The molecule has 0 spiro atoms. The quantitative estimate of drug-likeness (QED) is 0.408. The Morgan fingerprint density at radius 2 is 1.74 bits per heavy atom. The molecule has 12 heteroatoms. The van der Waals surface area contributed by atoms with E-state index in [1.165, 1.54) is 13.3 Å². The zero-order chi connectivity index (χ0) is 24.8. The molecular formula is C22H19F2N5O4S. The van der Waals surface area contributed by atoms with Crippen LogP contribution < -0.4 is 20.4 Å². The number of ether oxygens (including phenoxy) is 1. The number of benzene rings is 2. The second-order valence-electron chi connectivity index (χ2n) is 6.80. The molecule has 176 valence electrons.